The molecule has 1 fully saturated rings. The van der Waals surface area contributed by atoms with Crippen LogP contribution in [0.3, 0.4) is 0 Å². The molecule has 0 saturated carbocycles. The normalized spacial score (nSPS) is 20.2. The predicted molar refractivity (Wildman–Crippen MR) is 110 cm³/mol. The molecule has 3 N–H and O–H groups in total. The molecule has 2 aromatic carbocycles. The first-order chi connectivity index (χ1) is 14.1. The van der Waals surface area contributed by atoms with Gasteiger partial charge in [-0.15, -0.1) is 0 Å². The van der Waals surface area contributed by atoms with Crippen molar-refractivity contribution >= 4 is 34.8 Å². The molecule has 8 heteroatoms. The largest absolute Gasteiger partial charge is 0.454 e. The number of halogens is 1. The first kappa shape index (κ1) is 19.5. The Balaban J connectivity index is 1.24. The van der Waals surface area contributed by atoms with Gasteiger partial charge in [-0.1, -0.05) is 23.7 Å². The summed E-state index contributed by atoms with van der Waals surface area (Å²) in [5, 5.41) is 6.33. The quantitative estimate of drug-likeness (QED) is 0.695. The lowest BCUT2D eigenvalue weighted by Crippen LogP contribution is -3.14. The SMILES string of the molecule is O=C(C[NH+]1CCC(C(=O)Nc2ccc3c(c2)OCO3)CC1)Nc1ccccc1Cl. The number of fused-ring (bicyclic) bond motifs is 1. The van der Waals surface area contributed by atoms with E-state index in [1.807, 2.05) is 18.2 Å². The fourth-order valence-corrected chi connectivity index (χ4v) is 3.85. The van der Waals surface area contributed by atoms with Crippen molar-refractivity contribution in [3.63, 3.8) is 0 Å². The highest BCUT2D eigenvalue weighted by molar-refractivity contribution is 6.33. The first-order valence-corrected chi connectivity index (χ1v) is 10.0. The number of nitrogens with one attached hydrogen (secondary N) is 3. The maximum atomic E-state index is 12.6. The smallest absolute Gasteiger partial charge is 0.279 e. The minimum Gasteiger partial charge on any atom is -0.454 e. The van der Waals surface area contributed by atoms with Crippen molar-refractivity contribution in [2.75, 3.05) is 37.1 Å². The van der Waals surface area contributed by atoms with E-state index in [4.69, 9.17) is 21.1 Å². The number of likely N-dealkylation sites (tertiary alicyclic amines) is 1. The summed E-state index contributed by atoms with van der Waals surface area (Å²) >= 11 is 6.08. The van der Waals surface area contributed by atoms with E-state index in [0.717, 1.165) is 25.9 Å². The summed E-state index contributed by atoms with van der Waals surface area (Å²) in [6.45, 7) is 2.12. The van der Waals surface area contributed by atoms with E-state index in [-0.39, 0.29) is 24.5 Å². The zero-order chi connectivity index (χ0) is 20.2. The predicted octanol–water partition coefficient (Wildman–Crippen LogP) is 1.94. The fourth-order valence-electron chi connectivity index (χ4n) is 3.67. The number of carbonyl (C=O) groups excluding carboxylic acids is 2. The van der Waals surface area contributed by atoms with Crippen LogP contribution in [0.15, 0.2) is 42.5 Å². The molecule has 2 aliphatic heterocycles. The summed E-state index contributed by atoms with van der Waals surface area (Å²) in [4.78, 5) is 26.0. The van der Waals surface area contributed by atoms with Crippen molar-refractivity contribution in [2.45, 2.75) is 12.8 Å². The molecule has 4 rings (SSSR count). The maximum absolute atomic E-state index is 12.6. The Kier molecular flexibility index (Phi) is 5.87. The molecular formula is C21H23ClN3O4+. The number of para-hydroxylation sites is 1. The summed E-state index contributed by atoms with van der Waals surface area (Å²) in [6.07, 6.45) is 1.48. The fraction of sp³-hybridized carbons (Fsp3) is 0.333. The lowest BCUT2D eigenvalue weighted by atomic mass is 9.95. The van der Waals surface area contributed by atoms with Crippen LogP contribution in [-0.2, 0) is 9.59 Å². The topological polar surface area (TPSA) is 81.1 Å². The molecule has 0 bridgehead atoms. The Morgan fingerprint density at radius 1 is 1.03 bits per heavy atom. The van der Waals surface area contributed by atoms with Crippen LogP contribution in [0.5, 0.6) is 11.5 Å². The molecule has 0 spiro atoms. The lowest BCUT2D eigenvalue weighted by Gasteiger charge is -2.28. The number of hydrogen-bond donors (Lipinski definition) is 3. The van der Waals surface area contributed by atoms with Crippen molar-refractivity contribution < 1.29 is 24.0 Å². The summed E-state index contributed by atoms with van der Waals surface area (Å²) in [6, 6.07) is 12.6. The first-order valence-electron chi connectivity index (χ1n) is 9.67. The van der Waals surface area contributed by atoms with Gasteiger partial charge in [0, 0.05) is 30.5 Å². The van der Waals surface area contributed by atoms with Gasteiger partial charge in [0.25, 0.3) is 5.91 Å². The molecule has 2 heterocycles. The van der Waals surface area contributed by atoms with Crippen molar-refractivity contribution in [1.82, 2.24) is 0 Å². The third kappa shape index (κ3) is 4.81. The number of piperidine rings is 1. The molecule has 0 aromatic heterocycles. The van der Waals surface area contributed by atoms with E-state index in [1.54, 1.807) is 24.3 Å². The number of amides is 2. The Hall–Kier alpha value is -2.77. The van der Waals surface area contributed by atoms with Crippen LogP contribution < -0.4 is 25.0 Å². The Morgan fingerprint density at radius 2 is 1.79 bits per heavy atom. The van der Waals surface area contributed by atoms with Crippen LogP contribution in [-0.4, -0.2) is 38.2 Å². The number of anilines is 2. The van der Waals surface area contributed by atoms with E-state index >= 15 is 0 Å². The third-order valence-electron chi connectivity index (χ3n) is 5.26. The average molecular weight is 417 g/mol. The lowest BCUT2D eigenvalue weighted by molar-refractivity contribution is -0.897. The summed E-state index contributed by atoms with van der Waals surface area (Å²) in [7, 11) is 0. The third-order valence-corrected chi connectivity index (χ3v) is 5.59. The number of hydrogen-bond acceptors (Lipinski definition) is 4. The minimum atomic E-state index is -0.0728. The summed E-state index contributed by atoms with van der Waals surface area (Å²) < 4.78 is 10.6. The van der Waals surface area contributed by atoms with Crippen LogP contribution in [0.25, 0.3) is 0 Å². The van der Waals surface area contributed by atoms with Crippen LogP contribution in [0.1, 0.15) is 12.8 Å². The molecule has 0 aliphatic carbocycles. The van der Waals surface area contributed by atoms with Crippen LogP contribution in [0, 0.1) is 5.92 Å². The molecular weight excluding hydrogens is 394 g/mol. The van der Waals surface area contributed by atoms with Crippen LogP contribution in [0.4, 0.5) is 11.4 Å². The van der Waals surface area contributed by atoms with Gasteiger partial charge in [0.2, 0.25) is 12.7 Å². The van der Waals surface area contributed by atoms with Crippen molar-refractivity contribution in [1.29, 1.82) is 0 Å². The van der Waals surface area contributed by atoms with Crippen LogP contribution >= 0.6 is 11.6 Å². The molecule has 2 aromatic rings. The van der Waals surface area contributed by atoms with Gasteiger partial charge in [-0.3, -0.25) is 9.59 Å². The molecule has 29 heavy (non-hydrogen) atoms. The number of carbonyl (C=O) groups is 2. The molecule has 0 unspecified atom stereocenters. The van der Waals surface area contributed by atoms with E-state index in [2.05, 4.69) is 10.6 Å². The second-order valence-electron chi connectivity index (χ2n) is 7.29. The standard InChI is InChI=1S/C21H22ClN3O4/c22-16-3-1-2-4-17(16)24-20(26)12-25-9-7-14(8-10-25)21(27)23-15-5-6-18-19(11-15)29-13-28-18/h1-6,11,14H,7-10,12-13H2,(H,23,27)(H,24,26)/p+1. The molecule has 0 radical (unpaired) electrons. The molecule has 0 atom stereocenters. The average Bonchev–Trinajstić information content (AvgIpc) is 3.18. The van der Waals surface area contributed by atoms with Gasteiger partial charge in [-0.25, -0.2) is 0 Å². The zero-order valence-corrected chi connectivity index (χ0v) is 16.6. The number of benzene rings is 2. The van der Waals surface area contributed by atoms with Gasteiger partial charge < -0.3 is 25.0 Å². The Morgan fingerprint density at radius 3 is 2.59 bits per heavy atom. The highest BCUT2D eigenvalue weighted by atomic mass is 35.5. The van der Waals surface area contributed by atoms with Gasteiger partial charge in [0.1, 0.15) is 0 Å². The van der Waals surface area contributed by atoms with Gasteiger partial charge in [0.05, 0.1) is 23.8 Å². The Labute approximate surface area is 173 Å². The monoisotopic (exact) mass is 416 g/mol. The molecule has 2 amide bonds. The van der Waals surface area contributed by atoms with Crippen LogP contribution in [0.2, 0.25) is 5.02 Å². The molecule has 152 valence electrons. The summed E-state index contributed by atoms with van der Waals surface area (Å²) in [5.74, 6) is 1.21. The highest BCUT2D eigenvalue weighted by Gasteiger charge is 2.29. The number of rotatable bonds is 5. The van der Waals surface area contributed by atoms with Gasteiger partial charge >= 0.3 is 0 Å². The van der Waals surface area contributed by atoms with Crippen molar-refractivity contribution in [2.24, 2.45) is 5.92 Å². The second-order valence-corrected chi connectivity index (χ2v) is 7.69. The zero-order valence-electron chi connectivity index (χ0n) is 15.9. The minimum absolute atomic E-state index is 0.00318. The highest BCUT2D eigenvalue weighted by Crippen LogP contribution is 2.34. The summed E-state index contributed by atoms with van der Waals surface area (Å²) in [5.41, 5.74) is 1.32. The van der Waals surface area contributed by atoms with Gasteiger partial charge in [-0.2, -0.15) is 0 Å². The Bertz CT molecular complexity index is 913. The maximum Gasteiger partial charge on any atom is 0.279 e. The van der Waals surface area contributed by atoms with E-state index in [9.17, 15) is 9.59 Å². The molecule has 7 nitrogen and oxygen atoms in total. The van der Waals surface area contributed by atoms with Crippen molar-refractivity contribution in [3.05, 3.63) is 47.5 Å². The van der Waals surface area contributed by atoms with E-state index in [0.29, 0.717) is 34.4 Å². The molecule has 2 aliphatic rings. The number of quaternary nitrogens is 1. The molecule has 1 saturated heterocycles. The second kappa shape index (κ2) is 8.71. The van der Waals surface area contributed by atoms with E-state index < -0.39 is 0 Å². The number of ether oxygens (including phenoxy) is 2. The van der Waals surface area contributed by atoms with Gasteiger partial charge in [-0.05, 0) is 24.3 Å². The van der Waals surface area contributed by atoms with Gasteiger partial charge in [0.15, 0.2) is 18.0 Å². The van der Waals surface area contributed by atoms with Crippen molar-refractivity contribution in [3.8, 4) is 11.5 Å². The van der Waals surface area contributed by atoms with E-state index in [1.165, 1.54) is 4.90 Å².